The van der Waals surface area contributed by atoms with Crippen LogP contribution in [0, 0.1) is 0 Å². The molecule has 2 aromatic rings. The first-order valence-electron chi connectivity index (χ1n) is 8.66. The van der Waals surface area contributed by atoms with Gasteiger partial charge in [-0.05, 0) is 12.7 Å². The molecule has 1 fully saturated rings. The van der Waals surface area contributed by atoms with Crippen LogP contribution >= 0.6 is 27.7 Å². The first-order valence-corrected chi connectivity index (χ1v) is 11.0. The van der Waals surface area contributed by atoms with Gasteiger partial charge in [0.05, 0.1) is 31.3 Å². The van der Waals surface area contributed by atoms with Crippen LogP contribution < -0.4 is 10.2 Å². The average molecular weight is 443 g/mol. The molecule has 0 aromatic carbocycles. The molecule has 8 nitrogen and oxygen atoms in total. The number of thioether (sulfide) groups is 1. The maximum absolute atomic E-state index is 11.7. The summed E-state index contributed by atoms with van der Waals surface area (Å²) in [5.74, 6) is 0.976. The van der Waals surface area contributed by atoms with Crippen LogP contribution in [-0.4, -0.2) is 70.1 Å². The number of ether oxygens (including phenoxy) is 1. The van der Waals surface area contributed by atoms with Crippen molar-refractivity contribution < 1.29 is 9.53 Å². The van der Waals surface area contributed by atoms with E-state index in [1.54, 1.807) is 0 Å². The van der Waals surface area contributed by atoms with Crippen molar-refractivity contribution in [3.8, 4) is 0 Å². The highest BCUT2D eigenvalue weighted by molar-refractivity contribution is 9.09. The number of aromatic nitrogens is 4. The molecule has 1 aliphatic rings. The van der Waals surface area contributed by atoms with E-state index in [4.69, 9.17) is 9.72 Å². The van der Waals surface area contributed by atoms with Gasteiger partial charge in [-0.15, -0.1) is 0 Å². The van der Waals surface area contributed by atoms with E-state index in [2.05, 4.69) is 36.2 Å². The minimum Gasteiger partial charge on any atom is -0.378 e. The Bertz CT molecular complexity index is 750. The molecule has 26 heavy (non-hydrogen) atoms. The Morgan fingerprint density at radius 1 is 1.38 bits per heavy atom. The number of hydrogen-bond acceptors (Lipinski definition) is 7. The maximum Gasteiger partial charge on any atom is 0.220 e. The number of anilines is 1. The molecule has 1 aliphatic heterocycles. The van der Waals surface area contributed by atoms with Gasteiger partial charge in [0.25, 0.3) is 0 Å². The summed E-state index contributed by atoms with van der Waals surface area (Å²) >= 11 is 4.85. The molecule has 3 rings (SSSR count). The van der Waals surface area contributed by atoms with E-state index in [0.29, 0.717) is 32.7 Å². The highest BCUT2D eigenvalue weighted by atomic mass is 79.9. The van der Waals surface area contributed by atoms with Crippen molar-refractivity contribution >= 4 is 50.5 Å². The third-order valence-corrected chi connectivity index (χ3v) is 5.24. The molecule has 142 valence electrons. The van der Waals surface area contributed by atoms with Gasteiger partial charge in [0.15, 0.2) is 10.8 Å². The van der Waals surface area contributed by atoms with Crippen LogP contribution in [0.5, 0.6) is 0 Å². The van der Waals surface area contributed by atoms with Crippen molar-refractivity contribution in [2.24, 2.45) is 0 Å². The zero-order valence-electron chi connectivity index (χ0n) is 14.8. The number of rotatable bonds is 8. The maximum atomic E-state index is 11.7. The topological polar surface area (TPSA) is 85.2 Å². The van der Waals surface area contributed by atoms with Crippen LogP contribution in [-0.2, 0) is 16.1 Å². The van der Waals surface area contributed by atoms with Crippen LogP contribution in [0.3, 0.4) is 0 Å². The second-order valence-corrected chi connectivity index (χ2v) is 7.45. The number of hydrogen-bond donors (Lipinski definition) is 1. The molecule has 2 aromatic heterocycles. The molecule has 0 saturated carbocycles. The number of nitrogens with zero attached hydrogens (tertiary/aromatic N) is 5. The Morgan fingerprint density at radius 2 is 2.19 bits per heavy atom. The number of halogens is 1. The standard InChI is InChI=1S/C16H23BrN6O2S/c1-26-16-20-14(22-7-9-25-10-8-22)12-11-19-23(15(12)21-16)6-5-18-13(24)3-2-4-17/h11H,2-10H2,1H3,(H,18,24). The number of carbonyl (C=O) groups excluding carboxylic acids is 1. The summed E-state index contributed by atoms with van der Waals surface area (Å²) in [5.41, 5.74) is 0.806. The highest BCUT2D eigenvalue weighted by Crippen LogP contribution is 2.27. The summed E-state index contributed by atoms with van der Waals surface area (Å²) in [6, 6.07) is 0. The minimum absolute atomic E-state index is 0.0642. The molecule has 0 bridgehead atoms. The van der Waals surface area contributed by atoms with E-state index in [1.165, 1.54) is 11.8 Å². The normalized spacial score (nSPS) is 14.8. The van der Waals surface area contributed by atoms with Gasteiger partial charge in [0.1, 0.15) is 5.82 Å². The third kappa shape index (κ3) is 4.66. The van der Waals surface area contributed by atoms with E-state index >= 15 is 0 Å². The number of morpholine rings is 1. The Hall–Kier alpha value is -1.39. The number of nitrogens with one attached hydrogen (secondary N) is 1. The van der Waals surface area contributed by atoms with Gasteiger partial charge in [-0.25, -0.2) is 14.6 Å². The number of amides is 1. The van der Waals surface area contributed by atoms with Crippen molar-refractivity contribution in [3.63, 3.8) is 0 Å². The lowest BCUT2D eigenvalue weighted by atomic mass is 10.3. The van der Waals surface area contributed by atoms with Crippen molar-refractivity contribution in [1.29, 1.82) is 0 Å². The first-order chi connectivity index (χ1) is 12.7. The summed E-state index contributed by atoms with van der Waals surface area (Å²) in [7, 11) is 0. The molecule has 0 radical (unpaired) electrons. The van der Waals surface area contributed by atoms with Gasteiger partial charge in [-0.3, -0.25) is 4.79 Å². The van der Waals surface area contributed by atoms with Crippen LogP contribution in [0.2, 0.25) is 0 Å². The molecular formula is C16H23BrN6O2S. The van der Waals surface area contributed by atoms with Gasteiger partial charge in [0.2, 0.25) is 5.91 Å². The van der Waals surface area contributed by atoms with Crippen LogP contribution in [0.4, 0.5) is 5.82 Å². The number of alkyl halides is 1. The fourth-order valence-corrected chi connectivity index (χ4v) is 3.44. The van der Waals surface area contributed by atoms with E-state index in [9.17, 15) is 4.79 Å². The molecule has 10 heteroatoms. The second kappa shape index (κ2) is 9.52. The fraction of sp³-hybridized carbons (Fsp3) is 0.625. The Kier molecular flexibility index (Phi) is 7.09. The molecule has 0 spiro atoms. The second-order valence-electron chi connectivity index (χ2n) is 5.88. The molecular weight excluding hydrogens is 420 g/mol. The largest absolute Gasteiger partial charge is 0.378 e. The van der Waals surface area contributed by atoms with Crippen molar-refractivity contribution in [1.82, 2.24) is 25.1 Å². The monoisotopic (exact) mass is 442 g/mol. The van der Waals surface area contributed by atoms with Crippen molar-refractivity contribution in [3.05, 3.63) is 6.20 Å². The Balaban J connectivity index is 1.76. The molecule has 1 N–H and O–H groups in total. The third-order valence-electron chi connectivity index (χ3n) is 4.13. The minimum atomic E-state index is 0.0642. The lowest BCUT2D eigenvalue weighted by Crippen LogP contribution is -2.37. The molecule has 0 atom stereocenters. The van der Waals surface area contributed by atoms with E-state index < -0.39 is 0 Å². The number of carbonyl (C=O) groups is 1. The smallest absolute Gasteiger partial charge is 0.220 e. The lowest BCUT2D eigenvalue weighted by Gasteiger charge is -2.28. The summed E-state index contributed by atoms with van der Waals surface area (Å²) < 4.78 is 7.28. The highest BCUT2D eigenvalue weighted by Gasteiger charge is 2.19. The van der Waals surface area contributed by atoms with Gasteiger partial charge >= 0.3 is 0 Å². The zero-order valence-corrected chi connectivity index (χ0v) is 17.2. The van der Waals surface area contributed by atoms with Gasteiger partial charge < -0.3 is 15.0 Å². The summed E-state index contributed by atoms with van der Waals surface area (Å²) in [4.78, 5) is 23.3. The predicted molar refractivity (Wildman–Crippen MR) is 106 cm³/mol. The van der Waals surface area contributed by atoms with Gasteiger partial charge in [-0.2, -0.15) is 5.10 Å². The van der Waals surface area contributed by atoms with Crippen LogP contribution in [0.1, 0.15) is 12.8 Å². The number of fused-ring (bicyclic) bond motifs is 1. The zero-order chi connectivity index (χ0) is 18.4. The predicted octanol–water partition coefficient (Wildman–Crippen LogP) is 1.68. The van der Waals surface area contributed by atoms with E-state index in [1.807, 2.05) is 17.1 Å². The van der Waals surface area contributed by atoms with Crippen LogP contribution in [0.25, 0.3) is 11.0 Å². The molecule has 0 unspecified atom stereocenters. The Labute approximate surface area is 165 Å². The molecule has 0 aliphatic carbocycles. The van der Waals surface area contributed by atoms with E-state index in [-0.39, 0.29) is 5.91 Å². The lowest BCUT2D eigenvalue weighted by molar-refractivity contribution is -0.121. The average Bonchev–Trinajstić information content (AvgIpc) is 3.09. The van der Waals surface area contributed by atoms with E-state index in [0.717, 1.165) is 46.8 Å². The molecule has 3 heterocycles. The molecule has 1 saturated heterocycles. The summed E-state index contributed by atoms with van der Waals surface area (Å²) in [6.45, 7) is 4.15. The van der Waals surface area contributed by atoms with Gasteiger partial charge in [0, 0.05) is 31.4 Å². The van der Waals surface area contributed by atoms with Crippen molar-refractivity contribution in [2.75, 3.05) is 49.3 Å². The summed E-state index contributed by atoms with van der Waals surface area (Å²) in [6.07, 6.45) is 5.15. The Morgan fingerprint density at radius 3 is 2.92 bits per heavy atom. The first kappa shape index (κ1) is 19.4. The molecule has 1 amide bonds. The summed E-state index contributed by atoms with van der Waals surface area (Å²) in [5, 5.41) is 9.90. The SMILES string of the molecule is CSc1nc(N2CCOCC2)c2cnn(CCNC(=O)CCCBr)c2n1. The quantitative estimate of drug-likeness (QED) is 0.378. The van der Waals surface area contributed by atoms with Crippen LogP contribution in [0.15, 0.2) is 11.4 Å². The van der Waals surface area contributed by atoms with Gasteiger partial charge in [-0.1, -0.05) is 27.7 Å². The fourth-order valence-electron chi connectivity index (χ4n) is 2.81. The van der Waals surface area contributed by atoms with Crippen molar-refractivity contribution in [2.45, 2.75) is 24.5 Å².